The van der Waals surface area contributed by atoms with E-state index in [1.807, 2.05) is 32.3 Å². The predicted octanol–water partition coefficient (Wildman–Crippen LogP) is 1.55. The Morgan fingerprint density at radius 2 is 2.32 bits per heavy atom. The lowest BCUT2D eigenvalue weighted by Gasteiger charge is -2.27. The Hall–Kier alpha value is -2.41. The summed E-state index contributed by atoms with van der Waals surface area (Å²) in [7, 11) is 1.84. The molecule has 25 heavy (non-hydrogen) atoms. The molecule has 132 valence electrons. The summed E-state index contributed by atoms with van der Waals surface area (Å²) in [6.45, 7) is 4.97. The van der Waals surface area contributed by atoms with Crippen molar-refractivity contribution in [3.8, 4) is 0 Å². The van der Waals surface area contributed by atoms with Crippen LogP contribution in [0.1, 0.15) is 24.2 Å². The van der Waals surface area contributed by atoms with Crippen LogP contribution in [-0.4, -0.2) is 51.2 Å². The van der Waals surface area contributed by atoms with E-state index in [-0.39, 0.29) is 5.91 Å². The molecule has 2 aromatic rings. The molecule has 1 saturated heterocycles. The van der Waals surface area contributed by atoms with Crippen molar-refractivity contribution in [2.75, 3.05) is 29.9 Å². The van der Waals surface area contributed by atoms with Gasteiger partial charge in [-0.2, -0.15) is 5.10 Å². The average molecular weight is 340 g/mol. The number of hydrogen-bond acceptors (Lipinski definition) is 5. The Morgan fingerprint density at radius 3 is 3.12 bits per heavy atom. The average Bonchev–Trinajstić information content (AvgIpc) is 3.10. The SMILES string of the molecule is Cc1cc(NC(=O)CN2Cc3ncccc3N3CCC[C@H]3C2)n(C)n1. The van der Waals surface area contributed by atoms with Crippen LogP contribution < -0.4 is 10.2 Å². The van der Waals surface area contributed by atoms with Gasteiger partial charge in [0.15, 0.2) is 0 Å². The maximum absolute atomic E-state index is 12.5. The molecule has 4 rings (SSSR count). The quantitative estimate of drug-likeness (QED) is 0.918. The third kappa shape index (κ3) is 3.24. The summed E-state index contributed by atoms with van der Waals surface area (Å²) >= 11 is 0. The van der Waals surface area contributed by atoms with Gasteiger partial charge in [0, 0.05) is 45.0 Å². The number of carbonyl (C=O) groups excluding carboxylic acids is 1. The van der Waals surface area contributed by atoms with Gasteiger partial charge in [-0.25, -0.2) is 0 Å². The zero-order chi connectivity index (χ0) is 17.4. The molecular formula is C18H24N6O. The minimum Gasteiger partial charge on any atom is -0.366 e. The van der Waals surface area contributed by atoms with Crippen LogP contribution in [0, 0.1) is 6.92 Å². The lowest BCUT2D eigenvalue weighted by molar-refractivity contribution is -0.117. The van der Waals surface area contributed by atoms with E-state index in [1.54, 1.807) is 4.68 Å². The van der Waals surface area contributed by atoms with Crippen LogP contribution in [0.3, 0.4) is 0 Å². The van der Waals surface area contributed by atoms with E-state index >= 15 is 0 Å². The highest BCUT2D eigenvalue weighted by atomic mass is 16.2. The fraction of sp³-hybridized carbons (Fsp3) is 0.500. The molecule has 0 radical (unpaired) electrons. The molecular weight excluding hydrogens is 316 g/mol. The smallest absolute Gasteiger partial charge is 0.239 e. The molecule has 0 saturated carbocycles. The number of amides is 1. The van der Waals surface area contributed by atoms with Crippen LogP contribution in [0.2, 0.25) is 0 Å². The normalized spacial score (nSPS) is 20.1. The summed E-state index contributed by atoms with van der Waals surface area (Å²) in [5, 5.41) is 7.24. The van der Waals surface area contributed by atoms with Crippen LogP contribution in [0.15, 0.2) is 24.4 Å². The number of fused-ring (bicyclic) bond motifs is 3. The lowest BCUT2D eigenvalue weighted by atomic mass is 10.2. The molecule has 0 spiro atoms. The number of anilines is 2. The van der Waals surface area contributed by atoms with Crippen molar-refractivity contribution in [1.29, 1.82) is 0 Å². The first kappa shape index (κ1) is 16.1. The van der Waals surface area contributed by atoms with Gasteiger partial charge in [0.05, 0.1) is 23.6 Å². The number of hydrogen-bond donors (Lipinski definition) is 1. The van der Waals surface area contributed by atoms with Gasteiger partial charge in [0.2, 0.25) is 5.91 Å². The van der Waals surface area contributed by atoms with Crippen molar-refractivity contribution in [3.63, 3.8) is 0 Å². The number of aromatic nitrogens is 3. The molecule has 4 heterocycles. The molecule has 1 amide bonds. The second kappa shape index (κ2) is 6.48. The summed E-state index contributed by atoms with van der Waals surface area (Å²) in [5.41, 5.74) is 3.19. The summed E-state index contributed by atoms with van der Waals surface area (Å²) < 4.78 is 1.70. The van der Waals surface area contributed by atoms with E-state index in [2.05, 4.69) is 31.3 Å². The van der Waals surface area contributed by atoms with Crippen LogP contribution in [-0.2, 0) is 18.4 Å². The van der Waals surface area contributed by atoms with Crippen LogP contribution in [0.4, 0.5) is 11.5 Å². The predicted molar refractivity (Wildman–Crippen MR) is 96.5 cm³/mol. The van der Waals surface area contributed by atoms with Crippen molar-refractivity contribution in [3.05, 3.63) is 35.8 Å². The molecule has 1 atom stereocenters. The number of aryl methyl sites for hydroxylation is 2. The van der Waals surface area contributed by atoms with Gasteiger partial charge in [-0.15, -0.1) is 0 Å². The van der Waals surface area contributed by atoms with Crippen molar-refractivity contribution in [2.24, 2.45) is 7.05 Å². The van der Waals surface area contributed by atoms with Gasteiger partial charge in [-0.1, -0.05) is 0 Å². The second-order valence-corrected chi connectivity index (χ2v) is 6.97. The van der Waals surface area contributed by atoms with E-state index < -0.39 is 0 Å². The maximum Gasteiger partial charge on any atom is 0.239 e. The van der Waals surface area contributed by atoms with Crippen molar-refractivity contribution in [1.82, 2.24) is 19.7 Å². The molecule has 0 unspecified atom stereocenters. The van der Waals surface area contributed by atoms with Crippen LogP contribution in [0.5, 0.6) is 0 Å². The van der Waals surface area contributed by atoms with Gasteiger partial charge in [0.25, 0.3) is 0 Å². The van der Waals surface area contributed by atoms with E-state index in [1.165, 1.54) is 18.5 Å². The largest absolute Gasteiger partial charge is 0.366 e. The topological polar surface area (TPSA) is 66.3 Å². The molecule has 1 fully saturated rings. The molecule has 0 aliphatic carbocycles. The first-order chi connectivity index (χ1) is 12.1. The Balaban J connectivity index is 1.49. The van der Waals surface area contributed by atoms with Gasteiger partial charge in [-0.05, 0) is 31.9 Å². The van der Waals surface area contributed by atoms with Crippen molar-refractivity contribution >= 4 is 17.4 Å². The lowest BCUT2D eigenvalue weighted by Crippen LogP contribution is -2.40. The number of rotatable bonds is 3. The molecule has 0 aromatic carbocycles. The molecule has 1 N–H and O–H groups in total. The summed E-state index contributed by atoms with van der Waals surface area (Å²) in [6.07, 6.45) is 4.21. The molecule has 0 bridgehead atoms. The van der Waals surface area contributed by atoms with E-state index in [0.717, 1.165) is 30.3 Å². The minimum atomic E-state index is -0.00747. The van der Waals surface area contributed by atoms with E-state index in [9.17, 15) is 4.79 Å². The Kier molecular flexibility index (Phi) is 4.17. The Labute approximate surface area is 147 Å². The maximum atomic E-state index is 12.5. The summed E-state index contributed by atoms with van der Waals surface area (Å²) in [6, 6.07) is 6.51. The molecule has 7 heteroatoms. The van der Waals surface area contributed by atoms with E-state index in [0.29, 0.717) is 19.1 Å². The van der Waals surface area contributed by atoms with E-state index in [4.69, 9.17) is 0 Å². The minimum absolute atomic E-state index is 0.00747. The molecule has 2 aliphatic rings. The summed E-state index contributed by atoms with van der Waals surface area (Å²) in [4.78, 5) is 21.8. The first-order valence-electron chi connectivity index (χ1n) is 8.83. The third-order valence-electron chi connectivity index (χ3n) is 5.03. The monoisotopic (exact) mass is 340 g/mol. The first-order valence-corrected chi connectivity index (χ1v) is 8.83. The fourth-order valence-electron chi connectivity index (χ4n) is 3.96. The highest BCUT2D eigenvalue weighted by Gasteiger charge is 2.32. The molecule has 2 aromatic heterocycles. The fourth-order valence-corrected chi connectivity index (χ4v) is 3.96. The number of nitrogens with one attached hydrogen (secondary N) is 1. The third-order valence-corrected chi connectivity index (χ3v) is 5.03. The molecule has 2 aliphatic heterocycles. The van der Waals surface area contributed by atoms with Gasteiger partial charge < -0.3 is 10.2 Å². The van der Waals surface area contributed by atoms with Gasteiger partial charge >= 0.3 is 0 Å². The number of pyridine rings is 1. The van der Waals surface area contributed by atoms with Crippen molar-refractivity contribution in [2.45, 2.75) is 32.4 Å². The van der Waals surface area contributed by atoms with Crippen molar-refractivity contribution < 1.29 is 4.79 Å². The standard InChI is InChI=1S/C18H24N6O/c1-13-9-17(22(2)21-13)20-18(25)12-23-10-14-5-4-8-24(14)16-6-3-7-19-15(16)11-23/h3,6-7,9,14H,4-5,8,10-12H2,1-2H3,(H,20,25)/t14-/m0/s1. The highest BCUT2D eigenvalue weighted by molar-refractivity contribution is 5.91. The number of carbonyl (C=O) groups is 1. The van der Waals surface area contributed by atoms with Crippen LogP contribution in [0.25, 0.3) is 0 Å². The van der Waals surface area contributed by atoms with Crippen LogP contribution >= 0.6 is 0 Å². The summed E-state index contributed by atoms with van der Waals surface area (Å²) in [5.74, 6) is 0.727. The second-order valence-electron chi connectivity index (χ2n) is 6.97. The molecule has 7 nitrogen and oxygen atoms in total. The highest BCUT2D eigenvalue weighted by Crippen LogP contribution is 2.31. The zero-order valence-electron chi connectivity index (χ0n) is 14.8. The number of nitrogens with zero attached hydrogens (tertiary/aromatic N) is 5. The van der Waals surface area contributed by atoms with Gasteiger partial charge in [0.1, 0.15) is 5.82 Å². The zero-order valence-corrected chi connectivity index (χ0v) is 14.8. The van der Waals surface area contributed by atoms with Gasteiger partial charge in [-0.3, -0.25) is 19.4 Å². The Morgan fingerprint density at radius 1 is 1.44 bits per heavy atom. The Bertz CT molecular complexity index is 786.